The molecule has 0 unspecified atom stereocenters. The van der Waals surface area contributed by atoms with Crippen LogP contribution in [0.4, 0.5) is 0 Å². The quantitative estimate of drug-likeness (QED) is 0.381. The topological polar surface area (TPSA) is 215 Å². The van der Waals surface area contributed by atoms with Crippen LogP contribution in [0.3, 0.4) is 0 Å². The number of nitrogens with one attached hydrogen (secondary N) is 1. The van der Waals surface area contributed by atoms with Crippen LogP contribution >= 0.6 is 23.2 Å². The molecule has 0 atom stereocenters. The third-order valence-electron chi connectivity index (χ3n) is 1.66. The Labute approximate surface area is 172 Å². The molecule has 16 heteroatoms. The molecule has 1 amide bonds. The molecule has 0 bridgehead atoms. The molecule has 13 nitrogen and oxygen atoms in total. The fraction of sp³-hybridized carbons (Fsp3) is 0.273. The minimum atomic E-state index is -1.75. The second-order valence-electron chi connectivity index (χ2n) is 3.90. The molecule has 1 rings (SSSR count). The van der Waals surface area contributed by atoms with Crippen LogP contribution in [-0.4, -0.2) is 33.9 Å². The van der Waals surface area contributed by atoms with E-state index in [0.29, 0.717) is 15.8 Å². The number of nitrogens with zero attached hydrogens (tertiary/aromatic N) is 3. The Hall–Kier alpha value is -2.39. The number of amides is 1. The molecule has 0 aliphatic rings. The summed E-state index contributed by atoms with van der Waals surface area (Å²) < 4.78 is 5.21. The van der Waals surface area contributed by atoms with Crippen molar-refractivity contribution in [2.24, 2.45) is 5.10 Å². The standard InChI is InChI=1S/C11H12Cl2N2O2.Co.2NO3.H2O/c1-7(2)14-15-11(16)6-17-10-4-3-8(12)5-9(10)13;;2*2-1(3)4;/h3-5H,6H2,1-2H3,(H,15,16);;;;1H2/q;+2;2*-1;. The van der Waals surface area contributed by atoms with Gasteiger partial charge in [0.15, 0.2) is 6.61 Å². The number of hydrogen-bond donors (Lipinski definition) is 1. The van der Waals surface area contributed by atoms with Crippen LogP contribution in [0.2, 0.25) is 10.0 Å². The van der Waals surface area contributed by atoms with Crippen LogP contribution in [0.15, 0.2) is 23.3 Å². The smallest absolute Gasteiger partial charge is 0.482 e. The van der Waals surface area contributed by atoms with Gasteiger partial charge in [0, 0.05) is 10.7 Å². The molecule has 3 N–H and O–H groups in total. The van der Waals surface area contributed by atoms with E-state index in [9.17, 15) is 4.79 Å². The van der Waals surface area contributed by atoms with Crippen LogP contribution in [0.1, 0.15) is 13.8 Å². The van der Waals surface area contributed by atoms with E-state index in [1.54, 1.807) is 32.0 Å². The Morgan fingerprint density at radius 3 is 1.96 bits per heavy atom. The minimum absolute atomic E-state index is 0. The number of carbonyl (C=O) groups is 1. The van der Waals surface area contributed by atoms with E-state index in [2.05, 4.69) is 10.5 Å². The summed E-state index contributed by atoms with van der Waals surface area (Å²) in [7, 11) is 0. The molecule has 27 heavy (non-hydrogen) atoms. The maximum absolute atomic E-state index is 11.3. The molecule has 1 aromatic carbocycles. The maximum atomic E-state index is 11.3. The second kappa shape index (κ2) is 18.4. The third kappa shape index (κ3) is 26.0. The molecule has 0 heterocycles. The first-order chi connectivity index (χ1) is 11.5. The first kappa shape index (κ1) is 32.3. The molecule has 0 aliphatic heterocycles. The predicted molar refractivity (Wildman–Crippen MR) is 93.2 cm³/mol. The van der Waals surface area contributed by atoms with E-state index < -0.39 is 10.2 Å². The van der Waals surface area contributed by atoms with Gasteiger partial charge in [0.25, 0.3) is 5.91 Å². The van der Waals surface area contributed by atoms with Crippen molar-refractivity contribution in [1.82, 2.24) is 5.43 Å². The van der Waals surface area contributed by atoms with Crippen LogP contribution in [-0.2, 0) is 21.6 Å². The second-order valence-corrected chi connectivity index (χ2v) is 4.75. The van der Waals surface area contributed by atoms with E-state index in [1.165, 1.54) is 0 Å². The minimum Gasteiger partial charge on any atom is -0.482 e. The molecule has 0 aliphatic carbocycles. The van der Waals surface area contributed by atoms with E-state index in [0.717, 1.165) is 5.71 Å². The molecule has 0 saturated carbocycles. The Bertz CT molecular complexity index is 610. The van der Waals surface area contributed by atoms with Crippen LogP contribution in [0.25, 0.3) is 0 Å². The summed E-state index contributed by atoms with van der Waals surface area (Å²) in [5.41, 5.74) is 3.09. The molecule has 1 aromatic rings. The first-order valence-corrected chi connectivity index (χ1v) is 6.72. The Morgan fingerprint density at radius 1 is 1.15 bits per heavy atom. The monoisotopic (exact) mass is 475 g/mol. The van der Waals surface area contributed by atoms with E-state index in [4.69, 9.17) is 58.6 Å². The Kier molecular flexibility index (Phi) is 22.0. The van der Waals surface area contributed by atoms with Gasteiger partial charge >= 0.3 is 16.8 Å². The molecule has 0 fully saturated rings. The normalized spacial score (nSPS) is 7.85. The van der Waals surface area contributed by atoms with Crippen molar-refractivity contribution in [1.29, 1.82) is 0 Å². The number of benzene rings is 1. The van der Waals surface area contributed by atoms with Gasteiger partial charge in [-0.25, -0.2) is 5.43 Å². The van der Waals surface area contributed by atoms with Crippen LogP contribution < -0.4 is 10.2 Å². The maximum Gasteiger partial charge on any atom is 2.00 e. The van der Waals surface area contributed by atoms with E-state index in [1.807, 2.05) is 0 Å². The summed E-state index contributed by atoms with van der Waals surface area (Å²) >= 11 is 11.6. The van der Waals surface area contributed by atoms with Crippen molar-refractivity contribution in [3.05, 3.63) is 58.9 Å². The van der Waals surface area contributed by atoms with Gasteiger partial charge in [-0.1, -0.05) is 23.2 Å². The number of halogens is 2. The van der Waals surface area contributed by atoms with Crippen LogP contribution in [0.5, 0.6) is 5.75 Å². The SMILES string of the molecule is CC(C)=NNC(=O)COc1ccc(Cl)cc1Cl.O.O=[N+]([O-])[O-].O=[N+]([O-])[O-].[Co+2]. The average molecular weight is 476 g/mol. The molecule has 1 radical (unpaired) electrons. The number of hydrazone groups is 1. The fourth-order valence-electron chi connectivity index (χ4n) is 0.942. The Balaban J connectivity index is -0.000000225. The predicted octanol–water partition coefficient (Wildman–Crippen LogP) is 1.58. The fourth-order valence-corrected chi connectivity index (χ4v) is 1.41. The third-order valence-corrected chi connectivity index (χ3v) is 2.19. The zero-order valence-electron chi connectivity index (χ0n) is 13.6. The summed E-state index contributed by atoms with van der Waals surface area (Å²) in [5.74, 6) is 0.0561. The summed E-state index contributed by atoms with van der Waals surface area (Å²) in [4.78, 5) is 27.8. The Morgan fingerprint density at radius 2 is 1.59 bits per heavy atom. The molecular weight excluding hydrogens is 462 g/mol. The van der Waals surface area contributed by atoms with Gasteiger partial charge < -0.3 is 40.9 Å². The van der Waals surface area contributed by atoms with Gasteiger partial charge in [-0.15, -0.1) is 0 Å². The van der Waals surface area contributed by atoms with Gasteiger partial charge in [0.2, 0.25) is 0 Å². The largest absolute Gasteiger partial charge is 2.00 e. The van der Waals surface area contributed by atoms with Crippen molar-refractivity contribution >= 4 is 34.8 Å². The van der Waals surface area contributed by atoms with Crippen molar-refractivity contribution in [3.63, 3.8) is 0 Å². The number of hydrogen-bond acceptors (Lipinski definition) is 9. The van der Waals surface area contributed by atoms with Gasteiger partial charge in [-0.05, 0) is 32.0 Å². The van der Waals surface area contributed by atoms with Crippen LogP contribution in [0, 0.1) is 30.6 Å². The number of ether oxygens (including phenoxy) is 1. The summed E-state index contributed by atoms with van der Waals surface area (Å²) in [6.07, 6.45) is 0. The molecule has 0 aromatic heterocycles. The average Bonchev–Trinajstić information content (AvgIpc) is 2.43. The summed E-state index contributed by atoms with van der Waals surface area (Å²) in [5, 5.41) is 34.1. The van der Waals surface area contributed by atoms with Gasteiger partial charge in [0.1, 0.15) is 5.75 Å². The first-order valence-electron chi connectivity index (χ1n) is 5.96. The van der Waals surface area contributed by atoms with E-state index >= 15 is 0 Å². The molecule has 0 saturated heterocycles. The number of carbonyl (C=O) groups excluding carboxylic acids is 1. The van der Waals surface area contributed by atoms with Crippen molar-refractivity contribution in [2.75, 3.05) is 6.61 Å². The van der Waals surface area contributed by atoms with Crippen molar-refractivity contribution in [2.45, 2.75) is 13.8 Å². The van der Waals surface area contributed by atoms with Crippen molar-refractivity contribution < 1.29 is 42.0 Å². The van der Waals surface area contributed by atoms with Crippen molar-refractivity contribution in [3.8, 4) is 5.75 Å². The van der Waals surface area contributed by atoms with Gasteiger partial charge in [-0.3, -0.25) is 4.79 Å². The number of rotatable bonds is 4. The molecular formula is C11H14Cl2CoN4O9. The zero-order chi connectivity index (χ0) is 20.0. The van der Waals surface area contributed by atoms with Gasteiger partial charge in [0.05, 0.1) is 15.2 Å². The van der Waals surface area contributed by atoms with E-state index in [-0.39, 0.29) is 34.8 Å². The van der Waals surface area contributed by atoms with Gasteiger partial charge in [-0.2, -0.15) is 5.10 Å². The molecule has 155 valence electrons. The zero-order valence-corrected chi connectivity index (χ0v) is 16.2. The summed E-state index contributed by atoms with van der Waals surface area (Å²) in [6, 6.07) is 4.78. The molecule has 0 spiro atoms. The summed E-state index contributed by atoms with van der Waals surface area (Å²) in [6.45, 7) is 3.40.